The number of benzene rings is 1. The number of carbonyl (C=O) groups excluding carboxylic acids is 1. The molecule has 1 saturated carbocycles. The molecule has 1 aromatic rings. The van der Waals surface area contributed by atoms with Gasteiger partial charge in [0.1, 0.15) is 0 Å². The van der Waals surface area contributed by atoms with E-state index in [2.05, 4.69) is 10.2 Å². The average Bonchev–Trinajstić information content (AvgIpc) is 3.15. The zero-order valence-corrected chi connectivity index (χ0v) is 12.1. The molecular formula is C17H24N2O. The Bertz CT molecular complexity index is 440. The molecule has 1 heterocycles. The highest BCUT2D eigenvalue weighted by Gasteiger charge is 2.35. The average molecular weight is 272 g/mol. The quantitative estimate of drug-likeness (QED) is 0.912. The number of nitrogens with zero attached hydrogens (tertiary/aromatic N) is 1. The minimum atomic E-state index is 0.267. The van der Waals surface area contributed by atoms with E-state index in [0.29, 0.717) is 12.6 Å². The molecule has 1 amide bonds. The number of hydrogen-bond donors (Lipinski definition) is 1. The molecule has 3 rings (SSSR count). The van der Waals surface area contributed by atoms with Crippen molar-refractivity contribution in [3.05, 3.63) is 30.3 Å². The second-order valence-corrected chi connectivity index (χ2v) is 6.06. The summed E-state index contributed by atoms with van der Waals surface area (Å²) in [5.74, 6) is 1.03. The first-order valence-electron chi connectivity index (χ1n) is 7.93. The number of likely N-dealkylation sites (tertiary alicyclic amines) is 1. The fourth-order valence-corrected chi connectivity index (χ4v) is 3.77. The van der Waals surface area contributed by atoms with Crippen LogP contribution < -0.4 is 5.32 Å². The Morgan fingerprint density at radius 3 is 2.60 bits per heavy atom. The lowest BCUT2D eigenvalue weighted by atomic mass is 9.96. The molecule has 2 aliphatic rings. The van der Waals surface area contributed by atoms with E-state index in [9.17, 15) is 4.79 Å². The predicted octanol–water partition coefficient (Wildman–Crippen LogP) is 3.28. The first kappa shape index (κ1) is 13.5. The predicted molar refractivity (Wildman–Crippen MR) is 81.6 cm³/mol. The minimum Gasteiger partial charge on any atom is -0.376 e. The lowest BCUT2D eigenvalue weighted by Gasteiger charge is -2.29. The van der Waals surface area contributed by atoms with E-state index in [1.54, 1.807) is 0 Å². The highest BCUT2D eigenvalue weighted by molar-refractivity contribution is 5.81. The number of amides is 1. The second kappa shape index (κ2) is 6.29. The van der Waals surface area contributed by atoms with Crippen LogP contribution in [0.5, 0.6) is 0 Å². The summed E-state index contributed by atoms with van der Waals surface area (Å²) < 4.78 is 0. The number of para-hydroxylation sites is 1. The van der Waals surface area contributed by atoms with Crippen molar-refractivity contribution in [3.8, 4) is 0 Å². The molecule has 1 N–H and O–H groups in total. The Morgan fingerprint density at radius 1 is 1.10 bits per heavy atom. The third kappa shape index (κ3) is 2.97. The summed E-state index contributed by atoms with van der Waals surface area (Å²) in [7, 11) is 0. The number of nitrogens with one attached hydrogen (secondary N) is 1. The summed E-state index contributed by atoms with van der Waals surface area (Å²) in [6.07, 6.45) is 7.73. The SMILES string of the molecule is O=C(CNc1ccccc1)N1CCCC1C1CCCC1. The number of carbonyl (C=O) groups is 1. The van der Waals surface area contributed by atoms with E-state index >= 15 is 0 Å². The molecule has 0 spiro atoms. The summed E-state index contributed by atoms with van der Waals surface area (Å²) >= 11 is 0. The molecule has 1 unspecified atom stereocenters. The van der Waals surface area contributed by atoms with Crippen molar-refractivity contribution in [3.63, 3.8) is 0 Å². The molecule has 1 aliphatic heterocycles. The third-order valence-electron chi connectivity index (χ3n) is 4.78. The first-order valence-corrected chi connectivity index (χ1v) is 7.93. The van der Waals surface area contributed by atoms with Gasteiger partial charge in [0, 0.05) is 18.3 Å². The van der Waals surface area contributed by atoms with Crippen LogP contribution in [-0.4, -0.2) is 29.9 Å². The van der Waals surface area contributed by atoms with Crippen molar-refractivity contribution in [1.82, 2.24) is 4.90 Å². The number of rotatable bonds is 4. The van der Waals surface area contributed by atoms with Crippen molar-refractivity contribution < 1.29 is 4.79 Å². The third-order valence-corrected chi connectivity index (χ3v) is 4.78. The molecule has 108 valence electrons. The Kier molecular flexibility index (Phi) is 4.24. The van der Waals surface area contributed by atoms with Gasteiger partial charge in [0.15, 0.2) is 0 Å². The monoisotopic (exact) mass is 272 g/mol. The molecule has 1 atom stereocenters. The van der Waals surface area contributed by atoms with Crippen LogP contribution in [0.2, 0.25) is 0 Å². The minimum absolute atomic E-state index is 0.267. The molecular weight excluding hydrogens is 248 g/mol. The highest BCUT2D eigenvalue weighted by Crippen LogP contribution is 2.35. The van der Waals surface area contributed by atoms with Crippen LogP contribution in [0.1, 0.15) is 38.5 Å². The Hall–Kier alpha value is -1.51. The van der Waals surface area contributed by atoms with Crippen LogP contribution in [0.3, 0.4) is 0 Å². The maximum absolute atomic E-state index is 12.4. The summed E-state index contributed by atoms with van der Waals surface area (Å²) in [6, 6.07) is 10.5. The van der Waals surface area contributed by atoms with E-state index in [-0.39, 0.29) is 5.91 Å². The Morgan fingerprint density at radius 2 is 1.85 bits per heavy atom. The molecule has 2 fully saturated rings. The van der Waals surface area contributed by atoms with Gasteiger partial charge in [-0.25, -0.2) is 0 Å². The second-order valence-electron chi connectivity index (χ2n) is 6.06. The van der Waals surface area contributed by atoms with Gasteiger partial charge in [-0.1, -0.05) is 31.0 Å². The molecule has 0 bridgehead atoms. The summed E-state index contributed by atoms with van der Waals surface area (Å²) in [4.78, 5) is 14.6. The molecule has 0 radical (unpaired) electrons. The maximum atomic E-state index is 12.4. The standard InChI is InChI=1S/C17H24N2O/c20-17(13-18-15-9-2-1-3-10-15)19-12-6-11-16(19)14-7-4-5-8-14/h1-3,9-10,14,16,18H,4-8,11-13H2. The van der Waals surface area contributed by atoms with Gasteiger partial charge in [0.25, 0.3) is 0 Å². The lowest BCUT2D eigenvalue weighted by molar-refractivity contribution is -0.131. The number of hydrogen-bond acceptors (Lipinski definition) is 2. The van der Waals surface area contributed by atoms with Gasteiger partial charge in [0.2, 0.25) is 5.91 Å². The van der Waals surface area contributed by atoms with Gasteiger partial charge in [0.05, 0.1) is 6.54 Å². The summed E-state index contributed by atoms with van der Waals surface area (Å²) in [5.41, 5.74) is 1.03. The van der Waals surface area contributed by atoms with Crippen molar-refractivity contribution in [2.75, 3.05) is 18.4 Å². The first-order chi connectivity index (χ1) is 9.84. The van der Waals surface area contributed by atoms with E-state index in [1.165, 1.54) is 38.5 Å². The molecule has 1 saturated heterocycles. The summed E-state index contributed by atoms with van der Waals surface area (Å²) in [5, 5.41) is 3.24. The van der Waals surface area contributed by atoms with Crippen LogP contribution in [0, 0.1) is 5.92 Å². The Labute approximate surface area is 121 Å². The number of anilines is 1. The lowest BCUT2D eigenvalue weighted by Crippen LogP contribution is -2.42. The van der Waals surface area contributed by atoms with Crippen LogP contribution >= 0.6 is 0 Å². The van der Waals surface area contributed by atoms with Gasteiger partial charge in [-0.2, -0.15) is 0 Å². The van der Waals surface area contributed by atoms with Gasteiger partial charge in [-0.3, -0.25) is 4.79 Å². The van der Waals surface area contributed by atoms with Crippen molar-refractivity contribution in [2.24, 2.45) is 5.92 Å². The fourth-order valence-electron chi connectivity index (χ4n) is 3.77. The van der Waals surface area contributed by atoms with Gasteiger partial charge in [-0.05, 0) is 43.7 Å². The molecule has 3 nitrogen and oxygen atoms in total. The fraction of sp³-hybridized carbons (Fsp3) is 0.588. The molecule has 1 aliphatic carbocycles. The van der Waals surface area contributed by atoms with Crippen LogP contribution in [0.4, 0.5) is 5.69 Å². The summed E-state index contributed by atoms with van der Waals surface area (Å²) in [6.45, 7) is 1.38. The van der Waals surface area contributed by atoms with E-state index in [1.807, 2.05) is 30.3 Å². The van der Waals surface area contributed by atoms with Crippen LogP contribution in [0.25, 0.3) is 0 Å². The van der Waals surface area contributed by atoms with Crippen molar-refractivity contribution >= 4 is 11.6 Å². The topological polar surface area (TPSA) is 32.3 Å². The van der Waals surface area contributed by atoms with Gasteiger partial charge < -0.3 is 10.2 Å². The molecule has 3 heteroatoms. The van der Waals surface area contributed by atoms with Gasteiger partial charge in [-0.15, -0.1) is 0 Å². The van der Waals surface area contributed by atoms with Crippen molar-refractivity contribution in [1.29, 1.82) is 0 Å². The van der Waals surface area contributed by atoms with Crippen molar-refractivity contribution in [2.45, 2.75) is 44.6 Å². The van der Waals surface area contributed by atoms with Crippen LogP contribution in [0.15, 0.2) is 30.3 Å². The molecule has 1 aromatic carbocycles. The maximum Gasteiger partial charge on any atom is 0.242 e. The van der Waals surface area contributed by atoms with E-state index < -0.39 is 0 Å². The smallest absolute Gasteiger partial charge is 0.242 e. The largest absolute Gasteiger partial charge is 0.376 e. The van der Waals surface area contributed by atoms with Gasteiger partial charge >= 0.3 is 0 Å². The zero-order chi connectivity index (χ0) is 13.8. The van der Waals surface area contributed by atoms with E-state index in [4.69, 9.17) is 0 Å². The highest BCUT2D eigenvalue weighted by atomic mass is 16.2. The Balaban J connectivity index is 1.55. The molecule has 20 heavy (non-hydrogen) atoms. The van der Waals surface area contributed by atoms with E-state index in [0.717, 1.165) is 18.2 Å². The molecule has 0 aromatic heterocycles. The zero-order valence-electron chi connectivity index (χ0n) is 12.1. The normalized spacial score (nSPS) is 23.2. The van der Waals surface area contributed by atoms with Crippen LogP contribution in [-0.2, 0) is 4.79 Å².